The van der Waals surface area contributed by atoms with Crippen LogP contribution in [-0.2, 0) is 15.6 Å². The predicted molar refractivity (Wildman–Crippen MR) is 58.7 cm³/mol. The highest BCUT2D eigenvalue weighted by molar-refractivity contribution is 7.90. The Hall–Kier alpha value is -1.09. The van der Waals surface area contributed by atoms with Crippen LogP contribution in [0, 0.1) is 0 Å². The van der Waals surface area contributed by atoms with Crippen molar-refractivity contribution < 1.29 is 8.42 Å². The summed E-state index contributed by atoms with van der Waals surface area (Å²) < 4.78 is 23.0. The Labute approximate surface area is 85.2 Å². The van der Waals surface area contributed by atoms with Crippen molar-refractivity contribution in [2.75, 3.05) is 5.75 Å². The smallest absolute Gasteiger partial charge is 0.157 e. The number of benzene rings is 1. The van der Waals surface area contributed by atoms with Crippen LogP contribution in [0.15, 0.2) is 42.5 Å². The van der Waals surface area contributed by atoms with Gasteiger partial charge in [0.15, 0.2) is 9.84 Å². The average Bonchev–Trinajstić information content (AvgIpc) is 2.16. The number of allylic oxidation sites excluding steroid dienone is 1. The summed E-state index contributed by atoms with van der Waals surface area (Å²) >= 11 is 0. The van der Waals surface area contributed by atoms with Gasteiger partial charge in [-0.15, -0.1) is 0 Å². The van der Waals surface area contributed by atoms with Crippen molar-refractivity contribution in [3.63, 3.8) is 0 Å². The summed E-state index contributed by atoms with van der Waals surface area (Å²) in [6, 6.07) is 9.23. The van der Waals surface area contributed by atoms with Crippen LogP contribution in [-0.4, -0.2) is 14.2 Å². The molecule has 0 N–H and O–H groups in total. The Kier molecular flexibility index (Phi) is 3.89. The lowest BCUT2D eigenvalue weighted by atomic mass is 10.2. The maximum absolute atomic E-state index is 11.5. The van der Waals surface area contributed by atoms with Crippen LogP contribution in [0.3, 0.4) is 0 Å². The fourth-order valence-electron chi connectivity index (χ4n) is 1.13. The SMILES string of the molecule is CC=CCS(=O)(=O)Cc1ccccc1. The van der Waals surface area contributed by atoms with Crippen molar-refractivity contribution in [1.82, 2.24) is 0 Å². The molecule has 1 aromatic carbocycles. The molecule has 0 saturated heterocycles. The summed E-state index contributed by atoms with van der Waals surface area (Å²) in [6.07, 6.45) is 3.42. The molecule has 0 radical (unpaired) electrons. The van der Waals surface area contributed by atoms with Crippen LogP contribution < -0.4 is 0 Å². The van der Waals surface area contributed by atoms with Crippen LogP contribution in [0.25, 0.3) is 0 Å². The number of rotatable bonds is 4. The molecule has 0 aliphatic heterocycles. The zero-order valence-corrected chi connectivity index (χ0v) is 9.00. The van der Waals surface area contributed by atoms with Gasteiger partial charge >= 0.3 is 0 Å². The summed E-state index contributed by atoms with van der Waals surface area (Å²) in [5, 5.41) is 0. The lowest BCUT2D eigenvalue weighted by Gasteiger charge is -2.00. The van der Waals surface area contributed by atoms with E-state index in [1.54, 1.807) is 12.2 Å². The van der Waals surface area contributed by atoms with Gasteiger partial charge in [0, 0.05) is 0 Å². The van der Waals surface area contributed by atoms with Crippen LogP contribution in [0.5, 0.6) is 0 Å². The first-order valence-corrected chi connectivity index (χ1v) is 6.32. The van der Waals surface area contributed by atoms with Crippen molar-refractivity contribution >= 4 is 9.84 Å². The molecule has 0 unspecified atom stereocenters. The molecule has 0 aliphatic carbocycles. The second-order valence-corrected chi connectivity index (χ2v) is 5.22. The van der Waals surface area contributed by atoms with Crippen molar-refractivity contribution in [2.24, 2.45) is 0 Å². The molecule has 0 saturated carbocycles. The second kappa shape index (κ2) is 4.96. The third kappa shape index (κ3) is 3.75. The summed E-state index contributed by atoms with van der Waals surface area (Å²) in [5.41, 5.74) is 0.844. The van der Waals surface area contributed by atoms with Crippen LogP contribution >= 0.6 is 0 Å². The number of sulfone groups is 1. The molecule has 0 aromatic heterocycles. The highest BCUT2D eigenvalue weighted by atomic mass is 32.2. The highest BCUT2D eigenvalue weighted by Crippen LogP contribution is 2.06. The van der Waals surface area contributed by atoms with Crippen LogP contribution in [0.1, 0.15) is 12.5 Å². The summed E-state index contributed by atoms with van der Waals surface area (Å²) in [5.74, 6) is 0.247. The molecule has 14 heavy (non-hydrogen) atoms. The maximum Gasteiger partial charge on any atom is 0.157 e. The van der Waals surface area contributed by atoms with Gasteiger partial charge in [0.25, 0.3) is 0 Å². The quantitative estimate of drug-likeness (QED) is 0.714. The summed E-state index contributed by atoms with van der Waals surface area (Å²) in [4.78, 5) is 0. The molecule has 3 heteroatoms. The molecule has 0 aliphatic rings. The van der Waals surface area contributed by atoms with Gasteiger partial charge < -0.3 is 0 Å². The largest absolute Gasteiger partial charge is 0.228 e. The van der Waals surface area contributed by atoms with E-state index in [1.807, 2.05) is 37.3 Å². The zero-order chi connectivity index (χ0) is 10.4. The molecule has 0 spiro atoms. The number of hydrogen-bond donors (Lipinski definition) is 0. The third-order valence-corrected chi connectivity index (χ3v) is 3.29. The topological polar surface area (TPSA) is 34.1 Å². The van der Waals surface area contributed by atoms with Crippen molar-refractivity contribution in [3.8, 4) is 0 Å². The van der Waals surface area contributed by atoms with Crippen LogP contribution in [0.4, 0.5) is 0 Å². The Bertz CT molecular complexity index is 391. The van der Waals surface area contributed by atoms with Gasteiger partial charge in [-0.1, -0.05) is 42.5 Å². The Morgan fingerprint density at radius 2 is 1.86 bits per heavy atom. The molecule has 0 fully saturated rings. The Morgan fingerprint density at radius 1 is 1.21 bits per heavy atom. The molecule has 0 heterocycles. The lowest BCUT2D eigenvalue weighted by Crippen LogP contribution is -2.07. The Balaban J connectivity index is 2.69. The molecule has 2 nitrogen and oxygen atoms in total. The van der Waals surface area contributed by atoms with E-state index in [1.165, 1.54) is 0 Å². The normalized spacial score (nSPS) is 12.1. The fraction of sp³-hybridized carbons (Fsp3) is 0.273. The van der Waals surface area contributed by atoms with E-state index in [2.05, 4.69) is 0 Å². The van der Waals surface area contributed by atoms with Crippen molar-refractivity contribution in [1.29, 1.82) is 0 Å². The molecular weight excluding hydrogens is 196 g/mol. The molecule has 1 aromatic rings. The fourth-order valence-corrected chi connectivity index (χ4v) is 2.43. The predicted octanol–water partition coefficient (Wildman–Crippen LogP) is 2.18. The van der Waals surface area contributed by atoms with Gasteiger partial charge in [-0.25, -0.2) is 8.42 Å². The molecule has 1 rings (SSSR count). The van der Waals surface area contributed by atoms with Gasteiger partial charge in [-0.2, -0.15) is 0 Å². The first-order chi connectivity index (χ1) is 6.64. The van der Waals surface area contributed by atoms with Gasteiger partial charge in [-0.3, -0.25) is 0 Å². The van der Waals surface area contributed by atoms with E-state index < -0.39 is 9.84 Å². The van der Waals surface area contributed by atoms with E-state index in [0.717, 1.165) is 5.56 Å². The van der Waals surface area contributed by atoms with Gasteiger partial charge in [-0.05, 0) is 12.5 Å². The minimum absolute atomic E-state index is 0.123. The standard InChI is InChI=1S/C11H14O2S/c1-2-3-9-14(12,13)10-11-7-5-4-6-8-11/h2-8H,9-10H2,1H3. The second-order valence-electron chi connectivity index (χ2n) is 3.11. The Morgan fingerprint density at radius 3 is 2.43 bits per heavy atom. The summed E-state index contributed by atoms with van der Waals surface area (Å²) in [6.45, 7) is 1.82. The lowest BCUT2D eigenvalue weighted by molar-refractivity contribution is 0.598. The molecular formula is C11H14O2S. The zero-order valence-electron chi connectivity index (χ0n) is 8.18. The van der Waals surface area contributed by atoms with E-state index in [4.69, 9.17) is 0 Å². The third-order valence-electron chi connectivity index (χ3n) is 1.82. The molecule has 76 valence electrons. The van der Waals surface area contributed by atoms with Crippen molar-refractivity contribution in [3.05, 3.63) is 48.0 Å². The van der Waals surface area contributed by atoms with E-state index in [9.17, 15) is 8.42 Å². The minimum Gasteiger partial charge on any atom is -0.228 e. The van der Waals surface area contributed by atoms with Gasteiger partial charge in [0.05, 0.1) is 11.5 Å². The van der Waals surface area contributed by atoms with Crippen LogP contribution in [0.2, 0.25) is 0 Å². The van der Waals surface area contributed by atoms with E-state index >= 15 is 0 Å². The first kappa shape index (κ1) is 11.0. The highest BCUT2D eigenvalue weighted by Gasteiger charge is 2.08. The molecule has 0 amide bonds. The minimum atomic E-state index is -2.98. The molecule has 0 bridgehead atoms. The van der Waals surface area contributed by atoms with Gasteiger partial charge in [0.1, 0.15) is 0 Å². The first-order valence-electron chi connectivity index (χ1n) is 4.49. The van der Waals surface area contributed by atoms with Crippen molar-refractivity contribution in [2.45, 2.75) is 12.7 Å². The maximum atomic E-state index is 11.5. The average molecular weight is 210 g/mol. The number of hydrogen-bond acceptors (Lipinski definition) is 2. The monoisotopic (exact) mass is 210 g/mol. The van der Waals surface area contributed by atoms with Gasteiger partial charge in [0.2, 0.25) is 0 Å². The molecule has 0 atom stereocenters. The van der Waals surface area contributed by atoms with E-state index in [0.29, 0.717) is 0 Å². The van der Waals surface area contributed by atoms with E-state index in [-0.39, 0.29) is 11.5 Å². The summed E-state index contributed by atoms with van der Waals surface area (Å²) in [7, 11) is -2.98.